The molecule has 27 heavy (non-hydrogen) atoms. The number of aromatic nitrogens is 2. The Labute approximate surface area is 159 Å². The van der Waals surface area contributed by atoms with Crippen molar-refractivity contribution < 1.29 is 4.79 Å². The van der Waals surface area contributed by atoms with Crippen molar-refractivity contribution in [3.05, 3.63) is 71.4 Å². The molecule has 138 valence electrons. The van der Waals surface area contributed by atoms with Gasteiger partial charge in [0.05, 0.1) is 0 Å². The number of anilines is 4. The first kappa shape index (κ1) is 18.4. The summed E-state index contributed by atoms with van der Waals surface area (Å²) < 4.78 is 0. The van der Waals surface area contributed by atoms with Crippen molar-refractivity contribution in [3.63, 3.8) is 0 Å². The molecule has 3 aromatic rings. The van der Waals surface area contributed by atoms with Gasteiger partial charge in [0.1, 0.15) is 0 Å². The third-order valence-electron chi connectivity index (χ3n) is 4.32. The fraction of sp³-hybridized carbons (Fsp3) is 0.190. The van der Waals surface area contributed by atoms with Crippen molar-refractivity contribution in [3.8, 4) is 0 Å². The molecular weight excluding hydrogens is 338 g/mol. The lowest BCUT2D eigenvalue weighted by atomic mass is 10.1. The molecule has 6 heteroatoms. The second-order valence-electron chi connectivity index (χ2n) is 6.62. The summed E-state index contributed by atoms with van der Waals surface area (Å²) >= 11 is 0. The molecule has 0 unspecified atom stereocenters. The third kappa shape index (κ3) is 4.61. The van der Waals surface area contributed by atoms with Gasteiger partial charge in [-0.25, -0.2) is 0 Å². The van der Waals surface area contributed by atoms with Crippen LogP contribution in [-0.4, -0.2) is 30.2 Å². The molecule has 2 N–H and O–H groups in total. The normalized spacial score (nSPS) is 10.4. The van der Waals surface area contributed by atoms with Crippen LogP contribution in [0.1, 0.15) is 21.6 Å². The van der Waals surface area contributed by atoms with Crippen LogP contribution in [0.15, 0.2) is 54.6 Å². The molecule has 6 nitrogen and oxygen atoms in total. The van der Waals surface area contributed by atoms with Crippen LogP contribution < -0.4 is 15.5 Å². The molecular formula is C21H23N5O. The van der Waals surface area contributed by atoms with Crippen LogP contribution in [0.3, 0.4) is 0 Å². The van der Waals surface area contributed by atoms with Crippen LogP contribution >= 0.6 is 0 Å². The number of hydrogen-bond donors (Lipinski definition) is 2. The first-order chi connectivity index (χ1) is 12.9. The SMILES string of the molecule is Cc1ccc(Nc2ccc(C(=O)Nc3ccc(N(C)C)cc3)nn2)cc1C. The van der Waals surface area contributed by atoms with Gasteiger partial charge in [0.25, 0.3) is 5.91 Å². The van der Waals surface area contributed by atoms with Gasteiger partial charge in [0, 0.05) is 31.2 Å². The van der Waals surface area contributed by atoms with E-state index in [9.17, 15) is 4.79 Å². The van der Waals surface area contributed by atoms with E-state index in [-0.39, 0.29) is 11.6 Å². The van der Waals surface area contributed by atoms with Crippen molar-refractivity contribution >= 4 is 28.8 Å². The Morgan fingerprint density at radius 3 is 2.15 bits per heavy atom. The van der Waals surface area contributed by atoms with Crippen LogP contribution in [0.5, 0.6) is 0 Å². The van der Waals surface area contributed by atoms with Gasteiger partial charge >= 0.3 is 0 Å². The maximum Gasteiger partial charge on any atom is 0.276 e. The van der Waals surface area contributed by atoms with E-state index in [1.54, 1.807) is 12.1 Å². The fourth-order valence-corrected chi connectivity index (χ4v) is 2.53. The van der Waals surface area contributed by atoms with E-state index in [1.165, 1.54) is 11.1 Å². The summed E-state index contributed by atoms with van der Waals surface area (Å²) in [6, 6.07) is 17.1. The summed E-state index contributed by atoms with van der Waals surface area (Å²) in [5.41, 5.74) is 5.41. The second kappa shape index (κ2) is 7.86. The Morgan fingerprint density at radius 2 is 1.56 bits per heavy atom. The average Bonchev–Trinajstić information content (AvgIpc) is 2.66. The van der Waals surface area contributed by atoms with Crippen molar-refractivity contribution in [2.75, 3.05) is 29.6 Å². The molecule has 0 saturated heterocycles. The lowest BCUT2D eigenvalue weighted by Gasteiger charge is -2.13. The molecule has 1 amide bonds. The van der Waals surface area contributed by atoms with Crippen molar-refractivity contribution in [2.45, 2.75) is 13.8 Å². The highest BCUT2D eigenvalue weighted by molar-refractivity contribution is 6.02. The minimum absolute atomic E-state index is 0.261. The van der Waals surface area contributed by atoms with E-state index in [1.807, 2.05) is 49.3 Å². The summed E-state index contributed by atoms with van der Waals surface area (Å²) in [7, 11) is 3.94. The molecule has 0 atom stereocenters. The number of nitrogens with zero attached hydrogens (tertiary/aromatic N) is 3. The highest BCUT2D eigenvalue weighted by Crippen LogP contribution is 2.19. The first-order valence-electron chi connectivity index (χ1n) is 8.69. The number of benzene rings is 2. The molecule has 1 heterocycles. The Hall–Kier alpha value is -3.41. The molecule has 0 aliphatic heterocycles. The van der Waals surface area contributed by atoms with Crippen LogP contribution in [0.2, 0.25) is 0 Å². The molecule has 0 aliphatic carbocycles. The third-order valence-corrected chi connectivity index (χ3v) is 4.32. The van der Waals surface area contributed by atoms with Gasteiger partial charge in [-0.2, -0.15) is 0 Å². The van der Waals surface area contributed by atoms with E-state index in [2.05, 4.69) is 46.8 Å². The lowest BCUT2D eigenvalue weighted by molar-refractivity contribution is 0.102. The fourth-order valence-electron chi connectivity index (χ4n) is 2.53. The van der Waals surface area contributed by atoms with Crippen molar-refractivity contribution in [1.29, 1.82) is 0 Å². The zero-order valence-corrected chi connectivity index (χ0v) is 15.9. The number of nitrogens with one attached hydrogen (secondary N) is 2. The Balaban J connectivity index is 1.65. The minimum Gasteiger partial charge on any atom is -0.378 e. The summed E-state index contributed by atoms with van der Waals surface area (Å²) in [6.45, 7) is 4.13. The van der Waals surface area contributed by atoms with Gasteiger partial charge < -0.3 is 15.5 Å². The number of aryl methyl sites for hydroxylation is 2. The number of hydrogen-bond acceptors (Lipinski definition) is 5. The van der Waals surface area contributed by atoms with Gasteiger partial charge in [-0.3, -0.25) is 4.79 Å². The van der Waals surface area contributed by atoms with Gasteiger partial charge in [0.15, 0.2) is 11.5 Å². The Morgan fingerprint density at radius 1 is 0.852 bits per heavy atom. The summed E-state index contributed by atoms with van der Waals surface area (Å²) in [5, 5.41) is 14.1. The molecule has 0 spiro atoms. The van der Waals surface area contributed by atoms with E-state index in [0.717, 1.165) is 11.4 Å². The molecule has 0 aliphatic rings. The summed E-state index contributed by atoms with van der Waals surface area (Å²) in [5.74, 6) is 0.294. The maximum absolute atomic E-state index is 12.3. The van der Waals surface area contributed by atoms with Crippen LogP contribution in [-0.2, 0) is 0 Å². The van der Waals surface area contributed by atoms with E-state index >= 15 is 0 Å². The highest BCUT2D eigenvalue weighted by Gasteiger charge is 2.09. The number of carbonyl (C=O) groups excluding carboxylic acids is 1. The largest absolute Gasteiger partial charge is 0.378 e. The molecule has 1 aromatic heterocycles. The zero-order valence-electron chi connectivity index (χ0n) is 15.9. The maximum atomic E-state index is 12.3. The van der Waals surface area contributed by atoms with Gasteiger partial charge in [-0.15, -0.1) is 10.2 Å². The van der Waals surface area contributed by atoms with Crippen LogP contribution in [0.4, 0.5) is 22.9 Å². The van der Waals surface area contributed by atoms with Crippen LogP contribution in [0, 0.1) is 13.8 Å². The van der Waals surface area contributed by atoms with Gasteiger partial charge in [-0.05, 0) is 73.5 Å². The number of carbonyl (C=O) groups is 1. The lowest BCUT2D eigenvalue weighted by Crippen LogP contribution is -2.15. The molecule has 2 aromatic carbocycles. The van der Waals surface area contributed by atoms with Crippen molar-refractivity contribution in [2.24, 2.45) is 0 Å². The Kier molecular flexibility index (Phi) is 5.35. The smallest absolute Gasteiger partial charge is 0.276 e. The highest BCUT2D eigenvalue weighted by atomic mass is 16.1. The molecule has 3 rings (SSSR count). The summed E-state index contributed by atoms with van der Waals surface area (Å²) in [4.78, 5) is 14.3. The van der Waals surface area contributed by atoms with E-state index in [4.69, 9.17) is 0 Å². The van der Waals surface area contributed by atoms with Gasteiger partial charge in [-0.1, -0.05) is 6.07 Å². The number of rotatable bonds is 5. The predicted octanol–water partition coefficient (Wildman–Crippen LogP) is 4.16. The van der Waals surface area contributed by atoms with E-state index < -0.39 is 0 Å². The minimum atomic E-state index is -0.294. The monoisotopic (exact) mass is 361 g/mol. The Bertz CT molecular complexity index is 934. The predicted molar refractivity (Wildman–Crippen MR) is 110 cm³/mol. The second-order valence-corrected chi connectivity index (χ2v) is 6.62. The van der Waals surface area contributed by atoms with E-state index in [0.29, 0.717) is 11.5 Å². The number of amides is 1. The van der Waals surface area contributed by atoms with Crippen molar-refractivity contribution in [1.82, 2.24) is 10.2 Å². The molecule has 0 radical (unpaired) electrons. The molecule has 0 bridgehead atoms. The topological polar surface area (TPSA) is 70.2 Å². The summed E-state index contributed by atoms with van der Waals surface area (Å²) in [6.07, 6.45) is 0. The zero-order chi connectivity index (χ0) is 19.4. The quantitative estimate of drug-likeness (QED) is 0.714. The standard InChI is InChI=1S/C21H23N5O/c1-14-5-6-17(13-15(14)2)22-20-12-11-19(24-25-20)21(27)23-16-7-9-18(10-8-16)26(3)4/h5-13H,1-4H3,(H,22,25)(H,23,27). The van der Waals surface area contributed by atoms with Crippen LogP contribution in [0.25, 0.3) is 0 Å². The molecule has 0 saturated carbocycles. The van der Waals surface area contributed by atoms with Gasteiger partial charge in [0.2, 0.25) is 0 Å². The molecule has 0 fully saturated rings. The average molecular weight is 361 g/mol. The first-order valence-corrected chi connectivity index (χ1v) is 8.69.